The summed E-state index contributed by atoms with van der Waals surface area (Å²) in [7, 11) is 4.70. The van der Waals surface area contributed by atoms with Gasteiger partial charge in [-0.15, -0.1) is 0 Å². The number of fused-ring (bicyclic) bond motifs is 3. The number of nitrogens with zero attached hydrogens (tertiary/aromatic N) is 4. The van der Waals surface area contributed by atoms with E-state index in [2.05, 4.69) is 15.3 Å². The monoisotopic (exact) mass is 816 g/mol. The topological polar surface area (TPSA) is 148 Å². The third kappa shape index (κ3) is 8.75. The van der Waals surface area contributed by atoms with Crippen molar-refractivity contribution in [1.29, 1.82) is 0 Å². The molecule has 0 saturated carbocycles. The molecule has 3 fully saturated rings. The largest absolute Gasteiger partial charge is 0.493 e. The minimum absolute atomic E-state index is 0.0721. The van der Waals surface area contributed by atoms with Crippen molar-refractivity contribution < 1.29 is 43.6 Å². The van der Waals surface area contributed by atoms with E-state index in [1.165, 1.54) is 31.3 Å². The first kappa shape index (κ1) is 39.7. The van der Waals surface area contributed by atoms with E-state index in [9.17, 15) is 19.9 Å². The van der Waals surface area contributed by atoms with Crippen molar-refractivity contribution in [2.75, 3.05) is 33.9 Å². The number of aromatic nitrogens is 3. The molecule has 298 valence electrons. The Morgan fingerprint density at radius 1 is 0.930 bits per heavy atom. The number of methoxy groups -OCH3 is 2. The van der Waals surface area contributed by atoms with Crippen molar-refractivity contribution in [2.24, 2.45) is 13.0 Å². The molecule has 2 bridgehead atoms. The fraction of sp³-hybridized carbons (Fsp3) is 0.333. The predicted octanol–water partition coefficient (Wildman–Crippen LogP) is 6.83. The molecule has 57 heavy (non-hydrogen) atoms. The molecule has 13 nitrogen and oxygen atoms in total. The van der Waals surface area contributed by atoms with Gasteiger partial charge >= 0.3 is 12.1 Å². The van der Waals surface area contributed by atoms with Crippen molar-refractivity contribution in [3.8, 4) is 17.2 Å². The number of hydrogen-bond acceptors (Lipinski definition) is 9. The lowest BCUT2D eigenvalue weighted by Gasteiger charge is -2.43. The number of hydrogen-bond donors (Lipinski definition) is 3. The fourth-order valence-electron chi connectivity index (χ4n) is 7.94. The van der Waals surface area contributed by atoms with Gasteiger partial charge < -0.3 is 29.4 Å². The number of ether oxygens (including phenoxy) is 4. The third-order valence-corrected chi connectivity index (χ3v) is 11.5. The van der Waals surface area contributed by atoms with Crippen LogP contribution in [0.3, 0.4) is 0 Å². The smallest absolute Gasteiger partial charge is 0.408 e. The SMILES string of the molecule is COc1ccc([C@H](Cc2c(Cl)c[n+](O)cc2Cl)c2c(C(=O)O)nn(C)c2COc2cccc([C@@H](NC(=O)O[C@H]3CN4CCC3CC4)c3ccccc3)c2)cc1OC. The number of carbonyl (C=O) groups excluding carboxylic acids is 1. The zero-order valence-electron chi connectivity index (χ0n) is 31.7. The van der Waals surface area contributed by atoms with Crippen molar-refractivity contribution in [2.45, 2.75) is 43.9 Å². The number of amides is 1. The van der Waals surface area contributed by atoms with Crippen LogP contribution in [0.25, 0.3) is 0 Å². The molecule has 15 heteroatoms. The van der Waals surface area contributed by atoms with Gasteiger partial charge in [0, 0.05) is 35.4 Å². The summed E-state index contributed by atoms with van der Waals surface area (Å²) in [6.07, 6.45) is 4.16. The first-order valence-electron chi connectivity index (χ1n) is 18.6. The molecule has 3 atom stereocenters. The van der Waals surface area contributed by atoms with Gasteiger partial charge in [0.1, 0.15) is 28.5 Å². The minimum atomic E-state index is -1.24. The second-order valence-electron chi connectivity index (χ2n) is 14.3. The molecule has 3 aromatic carbocycles. The summed E-state index contributed by atoms with van der Waals surface area (Å²) in [4.78, 5) is 28.6. The maximum Gasteiger partial charge on any atom is 0.408 e. The van der Waals surface area contributed by atoms with Crippen molar-refractivity contribution in [3.63, 3.8) is 0 Å². The van der Waals surface area contributed by atoms with Crippen LogP contribution >= 0.6 is 23.2 Å². The van der Waals surface area contributed by atoms with Crippen LogP contribution in [0.2, 0.25) is 10.0 Å². The molecule has 3 aliphatic rings. The highest BCUT2D eigenvalue weighted by atomic mass is 35.5. The average Bonchev–Trinajstić information content (AvgIpc) is 3.55. The maximum absolute atomic E-state index is 13.4. The van der Waals surface area contributed by atoms with Gasteiger partial charge in [-0.3, -0.25) is 14.8 Å². The van der Waals surface area contributed by atoms with E-state index < -0.39 is 24.0 Å². The van der Waals surface area contributed by atoms with Gasteiger partial charge in [-0.1, -0.05) is 71.7 Å². The summed E-state index contributed by atoms with van der Waals surface area (Å²) >= 11 is 13.2. The standard InChI is InChI=1S/C42H43Cl2N5O8/c1-47-34(38(40(46-47)41(50)51)30(20-31-32(43)21-49(53)22-33(31)44)27-12-13-35(54-2)36(19-27)55-3)24-56-29-11-7-10-28(18-29)39(26-8-5-4-6-9-26)45-42(52)57-37-23-48-16-14-25(37)15-17-48/h4-13,18-19,21-22,25,30,37,39H,14-17,20,23-24H2,1-3H3,(H2-,45,50,51,52,53)/p+1/t30-,37-,39-/m0/s1. The zero-order valence-corrected chi connectivity index (χ0v) is 33.2. The normalized spacial score (nSPS) is 18.4. The van der Waals surface area contributed by atoms with E-state index >= 15 is 0 Å². The Bertz CT molecular complexity index is 2220. The third-order valence-electron chi connectivity index (χ3n) is 10.9. The van der Waals surface area contributed by atoms with Gasteiger partial charge in [0.2, 0.25) is 12.4 Å². The second kappa shape index (κ2) is 17.3. The number of rotatable bonds is 14. The number of piperidine rings is 3. The van der Waals surface area contributed by atoms with Crippen molar-refractivity contribution >= 4 is 35.3 Å². The molecule has 2 aromatic heterocycles. The average molecular weight is 818 g/mol. The molecule has 0 radical (unpaired) electrons. The lowest BCUT2D eigenvalue weighted by Crippen LogP contribution is -2.52. The number of alkyl carbamates (subject to hydrolysis) is 1. The van der Waals surface area contributed by atoms with E-state index in [1.807, 2.05) is 54.6 Å². The maximum atomic E-state index is 13.4. The van der Waals surface area contributed by atoms with Gasteiger partial charge in [0.05, 0.1) is 26.0 Å². The lowest BCUT2D eigenvalue weighted by atomic mass is 9.84. The Morgan fingerprint density at radius 3 is 2.28 bits per heavy atom. The Morgan fingerprint density at radius 2 is 1.63 bits per heavy atom. The van der Waals surface area contributed by atoms with Crippen LogP contribution in [0.15, 0.2) is 85.2 Å². The van der Waals surface area contributed by atoms with Crippen molar-refractivity contribution in [3.05, 3.63) is 134 Å². The summed E-state index contributed by atoms with van der Waals surface area (Å²) in [5.74, 6) is -0.155. The first-order valence-corrected chi connectivity index (χ1v) is 19.3. The highest BCUT2D eigenvalue weighted by Gasteiger charge is 2.37. The molecule has 0 aliphatic carbocycles. The molecule has 8 rings (SSSR count). The summed E-state index contributed by atoms with van der Waals surface area (Å²) < 4.78 is 25.8. The quantitative estimate of drug-likeness (QED) is 0.0805. The Balaban J connectivity index is 1.21. The van der Waals surface area contributed by atoms with Crippen molar-refractivity contribution in [1.82, 2.24) is 20.0 Å². The van der Waals surface area contributed by atoms with Crippen LogP contribution in [0.5, 0.6) is 17.2 Å². The number of aromatic carboxylic acids is 1. The predicted molar refractivity (Wildman–Crippen MR) is 211 cm³/mol. The Labute approximate surface area is 340 Å². The van der Waals surface area contributed by atoms with E-state index in [-0.39, 0.29) is 34.9 Å². The van der Waals surface area contributed by atoms with Gasteiger partial charge in [-0.05, 0) is 79.2 Å². The fourth-order valence-corrected chi connectivity index (χ4v) is 8.55. The molecular formula is C42H44Cl2N5O8+. The summed E-state index contributed by atoms with van der Waals surface area (Å²) in [5, 5.41) is 28.5. The number of carboxylic acids is 1. The minimum Gasteiger partial charge on any atom is -0.493 e. The van der Waals surface area contributed by atoms with Crippen LogP contribution in [0.4, 0.5) is 4.79 Å². The van der Waals surface area contributed by atoms with Gasteiger partial charge in [-0.25, -0.2) is 9.59 Å². The van der Waals surface area contributed by atoms with E-state index in [0.717, 1.165) is 48.3 Å². The number of benzene rings is 3. The molecule has 0 spiro atoms. The number of nitrogens with one attached hydrogen (secondary N) is 1. The van der Waals surface area contributed by atoms with Crippen LogP contribution < -0.4 is 24.3 Å². The van der Waals surface area contributed by atoms with Crippen LogP contribution in [0.1, 0.15) is 68.8 Å². The number of aryl methyl sites for hydroxylation is 1. The van der Waals surface area contributed by atoms with Crippen LogP contribution in [0, 0.1) is 5.92 Å². The van der Waals surface area contributed by atoms with Crippen LogP contribution in [-0.4, -0.2) is 77.0 Å². The van der Waals surface area contributed by atoms with Gasteiger partial charge in [-0.2, -0.15) is 5.10 Å². The zero-order chi connectivity index (χ0) is 40.2. The summed E-state index contributed by atoms with van der Waals surface area (Å²) in [6.45, 7) is 2.76. The molecule has 0 unspecified atom stereocenters. The molecule has 1 amide bonds. The number of carbonyl (C=O) groups is 2. The van der Waals surface area contributed by atoms with E-state index in [4.69, 9.17) is 42.1 Å². The molecular weight excluding hydrogens is 773 g/mol. The molecule has 3 saturated heterocycles. The highest BCUT2D eigenvalue weighted by molar-refractivity contribution is 6.35. The van der Waals surface area contributed by atoms with Gasteiger partial charge in [0.25, 0.3) is 0 Å². The lowest BCUT2D eigenvalue weighted by molar-refractivity contribution is -0.904. The molecule has 5 aromatic rings. The molecule has 3 aliphatic heterocycles. The summed E-state index contributed by atoms with van der Waals surface area (Å²) in [5.41, 5.74) is 3.45. The summed E-state index contributed by atoms with van der Waals surface area (Å²) in [6, 6.07) is 21.8. The molecule has 3 N–H and O–H groups in total. The van der Waals surface area contributed by atoms with E-state index in [1.54, 1.807) is 25.2 Å². The molecule has 5 heterocycles. The van der Waals surface area contributed by atoms with Gasteiger partial charge in [0.15, 0.2) is 17.2 Å². The number of pyridine rings is 1. The first-order chi connectivity index (χ1) is 27.5. The van der Waals surface area contributed by atoms with E-state index in [0.29, 0.717) is 45.6 Å². The Hall–Kier alpha value is -5.50. The number of halogens is 2. The highest BCUT2D eigenvalue weighted by Crippen LogP contribution is 2.40. The number of carboxylic acid groups (broad SMARTS) is 1. The van der Waals surface area contributed by atoms with Crippen LogP contribution in [-0.2, 0) is 24.8 Å². The Kier molecular flexibility index (Phi) is 12.1. The second-order valence-corrected chi connectivity index (χ2v) is 15.1.